The van der Waals surface area contributed by atoms with Gasteiger partial charge in [0.05, 0.1) is 30.8 Å². The Hall–Kier alpha value is -2.94. The second kappa shape index (κ2) is 13.2. The zero-order valence-electron chi connectivity index (χ0n) is 20.4. The molecule has 1 aromatic heterocycles. The second-order valence-electron chi connectivity index (χ2n) is 8.59. The Morgan fingerprint density at radius 3 is 2.17 bits per heavy atom. The number of anilines is 1. The molecule has 0 radical (unpaired) electrons. The van der Waals surface area contributed by atoms with E-state index in [1.165, 1.54) is 0 Å². The van der Waals surface area contributed by atoms with Crippen molar-refractivity contribution < 1.29 is 19.4 Å². The highest BCUT2D eigenvalue weighted by molar-refractivity contribution is 7.80. The molecule has 1 N–H and O–H groups in total. The van der Waals surface area contributed by atoms with Gasteiger partial charge in [-0.3, -0.25) is 4.98 Å². The van der Waals surface area contributed by atoms with E-state index >= 15 is 0 Å². The Morgan fingerprint density at radius 2 is 1.60 bits per heavy atom. The standard InChI is InChI=1S/C27H33N3O4S/c1-19(2)30(14-15-34-27(35)20(3)17-33-18-24(31)32)23-16-28-25(21-10-6-4-7-11-21)26(29-23)22-12-8-5-9-13-22/h4-13,16,19-20,27,35H,14-15,17-18H2,1-3H3,(H,31,32)/t20-,27?/m0/s1. The van der Waals surface area contributed by atoms with E-state index in [4.69, 9.17) is 24.5 Å². The Labute approximate surface area is 212 Å². The Morgan fingerprint density at radius 1 is 1.00 bits per heavy atom. The maximum atomic E-state index is 10.6. The van der Waals surface area contributed by atoms with Crippen LogP contribution >= 0.6 is 12.6 Å². The molecule has 0 fully saturated rings. The van der Waals surface area contributed by atoms with Gasteiger partial charge < -0.3 is 19.5 Å². The largest absolute Gasteiger partial charge is 0.480 e. The number of ether oxygens (including phenoxy) is 2. The molecule has 0 saturated heterocycles. The minimum Gasteiger partial charge on any atom is -0.480 e. The second-order valence-corrected chi connectivity index (χ2v) is 9.10. The first-order chi connectivity index (χ1) is 16.9. The first-order valence-corrected chi connectivity index (χ1v) is 12.2. The van der Waals surface area contributed by atoms with Crippen LogP contribution in [0.1, 0.15) is 20.8 Å². The summed E-state index contributed by atoms with van der Waals surface area (Å²) in [5.41, 5.74) is 3.32. The van der Waals surface area contributed by atoms with Crippen LogP contribution in [-0.4, -0.2) is 58.9 Å². The van der Waals surface area contributed by atoms with Crippen LogP contribution in [0.25, 0.3) is 22.5 Å². The lowest BCUT2D eigenvalue weighted by Crippen LogP contribution is -2.36. The third-order valence-electron chi connectivity index (χ3n) is 5.49. The molecule has 0 aliphatic carbocycles. The number of thiol groups is 1. The fourth-order valence-electron chi connectivity index (χ4n) is 3.61. The Kier molecular flexibility index (Phi) is 10.1. The number of aromatic nitrogens is 2. The Bertz CT molecular complexity index is 1070. The monoisotopic (exact) mass is 495 g/mol. The topological polar surface area (TPSA) is 84.8 Å². The van der Waals surface area contributed by atoms with Crippen molar-refractivity contribution in [3.8, 4) is 22.5 Å². The summed E-state index contributed by atoms with van der Waals surface area (Å²) < 4.78 is 11.1. The van der Waals surface area contributed by atoms with Crippen molar-refractivity contribution in [2.75, 3.05) is 31.3 Å². The maximum Gasteiger partial charge on any atom is 0.329 e. The van der Waals surface area contributed by atoms with Crippen molar-refractivity contribution in [2.24, 2.45) is 5.92 Å². The molecule has 186 valence electrons. The average molecular weight is 496 g/mol. The number of hydrogen-bond acceptors (Lipinski definition) is 7. The van der Waals surface area contributed by atoms with E-state index < -0.39 is 5.97 Å². The summed E-state index contributed by atoms with van der Waals surface area (Å²) >= 11 is 4.51. The molecule has 1 unspecified atom stereocenters. The minimum atomic E-state index is -0.990. The van der Waals surface area contributed by atoms with Crippen LogP contribution in [-0.2, 0) is 14.3 Å². The average Bonchev–Trinajstić information content (AvgIpc) is 2.86. The van der Waals surface area contributed by atoms with Crippen LogP contribution < -0.4 is 4.90 Å². The van der Waals surface area contributed by atoms with Crippen molar-refractivity contribution in [1.82, 2.24) is 9.97 Å². The van der Waals surface area contributed by atoms with Gasteiger partial charge in [-0.15, -0.1) is 12.6 Å². The molecule has 7 nitrogen and oxygen atoms in total. The number of nitrogens with zero attached hydrogens (tertiary/aromatic N) is 3. The number of rotatable bonds is 13. The third-order valence-corrected chi connectivity index (χ3v) is 6.14. The summed E-state index contributed by atoms with van der Waals surface area (Å²) in [6.45, 7) is 7.10. The maximum absolute atomic E-state index is 10.6. The van der Waals surface area contributed by atoms with E-state index in [2.05, 4.69) is 31.4 Å². The molecule has 1 heterocycles. The van der Waals surface area contributed by atoms with Gasteiger partial charge in [0, 0.05) is 29.6 Å². The highest BCUT2D eigenvalue weighted by Crippen LogP contribution is 2.30. The van der Waals surface area contributed by atoms with Crippen LogP contribution in [0.3, 0.4) is 0 Å². The first kappa shape index (κ1) is 26.7. The van der Waals surface area contributed by atoms with Crippen molar-refractivity contribution >= 4 is 24.4 Å². The molecule has 2 atom stereocenters. The van der Waals surface area contributed by atoms with Crippen molar-refractivity contribution in [3.05, 3.63) is 66.9 Å². The van der Waals surface area contributed by atoms with Gasteiger partial charge in [0.1, 0.15) is 17.9 Å². The molecule has 0 amide bonds. The van der Waals surface area contributed by atoms with Gasteiger partial charge in [-0.1, -0.05) is 67.6 Å². The van der Waals surface area contributed by atoms with E-state index in [1.807, 2.05) is 73.8 Å². The highest BCUT2D eigenvalue weighted by Gasteiger charge is 2.19. The number of carbonyl (C=O) groups is 1. The fourth-order valence-corrected chi connectivity index (χ4v) is 3.80. The molecule has 0 spiro atoms. The quantitative estimate of drug-likeness (QED) is 0.254. The number of aliphatic carboxylic acids is 1. The molecule has 0 saturated carbocycles. The van der Waals surface area contributed by atoms with Gasteiger partial charge in [-0.25, -0.2) is 9.78 Å². The van der Waals surface area contributed by atoms with E-state index in [1.54, 1.807) is 0 Å². The molecule has 3 rings (SSSR count). The molecule has 35 heavy (non-hydrogen) atoms. The predicted molar refractivity (Wildman–Crippen MR) is 142 cm³/mol. The van der Waals surface area contributed by atoms with Gasteiger partial charge in [0.2, 0.25) is 0 Å². The number of carboxylic acid groups (broad SMARTS) is 1. The summed E-state index contributed by atoms with van der Waals surface area (Å²) in [7, 11) is 0. The van der Waals surface area contributed by atoms with E-state index in [9.17, 15) is 4.79 Å². The molecule has 0 aliphatic heterocycles. The molecule has 8 heteroatoms. The van der Waals surface area contributed by atoms with Gasteiger partial charge in [-0.2, -0.15) is 0 Å². The van der Waals surface area contributed by atoms with Crippen LogP contribution in [0, 0.1) is 5.92 Å². The molecule has 2 aromatic carbocycles. The Balaban J connectivity index is 1.75. The van der Waals surface area contributed by atoms with Crippen LogP contribution in [0.2, 0.25) is 0 Å². The first-order valence-electron chi connectivity index (χ1n) is 11.7. The lowest BCUT2D eigenvalue weighted by molar-refractivity contribution is -0.142. The minimum absolute atomic E-state index is 0.0557. The lowest BCUT2D eigenvalue weighted by Gasteiger charge is -2.29. The molecular weight excluding hydrogens is 462 g/mol. The molecule has 0 bridgehead atoms. The summed E-state index contributed by atoms with van der Waals surface area (Å²) in [6.07, 6.45) is 1.81. The van der Waals surface area contributed by atoms with Gasteiger partial charge in [0.15, 0.2) is 0 Å². The van der Waals surface area contributed by atoms with Gasteiger partial charge in [0.25, 0.3) is 0 Å². The summed E-state index contributed by atoms with van der Waals surface area (Å²) in [5, 5.41) is 8.71. The number of carboxylic acids is 1. The summed E-state index contributed by atoms with van der Waals surface area (Å²) in [6, 6.07) is 20.3. The smallest absolute Gasteiger partial charge is 0.329 e. The zero-order chi connectivity index (χ0) is 25.2. The van der Waals surface area contributed by atoms with E-state index in [-0.39, 0.29) is 30.6 Å². The summed E-state index contributed by atoms with van der Waals surface area (Å²) in [4.78, 5) is 22.6. The number of hydrogen-bond donors (Lipinski definition) is 2. The van der Waals surface area contributed by atoms with Crippen molar-refractivity contribution in [2.45, 2.75) is 32.2 Å². The fraction of sp³-hybridized carbons (Fsp3) is 0.370. The molecule has 3 aromatic rings. The van der Waals surface area contributed by atoms with E-state index in [0.717, 1.165) is 28.3 Å². The van der Waals surface area contributed by atoms with Gasteiger partial charge in [-0.05, 0) is 13.8 Å². The predicted octanol–water partition coefficient (Wildman–Crippen LogP) is 5.04. The van der Waals surface area contributed by atoms with E-state index in [0.29, 0.717) is 13.2 Å². The summed E-state index contributed by atoms with van der Waals surface area (Å²) in [5.74, 6) is -0.272. The normalized spacial score (nSPS) is 12.9. The molecule has 0 aliphatic rings. The van der Waals surface area contributed by atoms with Crippen LogP contribution in [0.4, 0.5) is 5.82 Å². The van der Waals surface area contributed by atoms with Crippen LogP contribution in [0.5, 0.6) is 0 Å². The lowest BCUT2D eigenvalue weighted by atomic mass is 10.0. The molecular formula is C27H33N3O4S. The van der Waals surface area contributed by atoms with Crippen molar-refractivity contribution in [1.29, 1.82) is 0 Å². The number of benzene rings is 2. The SMILES string of the molecule is CC(C)N(CCOC(S)[C@@H](C)COCC(=O)O)c1cnc(-c2ccccc2)c(-c2ccccc2)n1. The highest BCUT2D eigenvalue weighted by atomic mass is 32.1. The van der Waals surface area contributed by atoms with Crippen molar-refractivity contribution in [3.63, 3.8) is 0 Å². The zero-order valence-corrected chi connectivity index (χ0v) is 21.3. The van der Waals surface area contributed by atoms with Gasteiger partial charge >= 0.3 is 5.97 Å². The van der Waals surface area contributed by atoms with Crippen LogP contribution in [0.15, 0.2) is 66.9 Å². The third kappa shape index (κ3) is 7.78.